The monoisotopic (exact) mass is 265 g/mol. The maximum atomic E-state index is 13.5. The number of ether oxygens (including phenoxy) is 1. The van der Waals surface area contributed by atoms with Crippen molar-refractivity contribution in [1.82, 2.24) is 0 Å². The van der Waals surface area contributed by atoms with E-state index in [0.29, 0.717) is 18.2 Å². The SMILES string of the molecule is CCOC(=O)C(F)(F)[C@H](N)c1cc(F)cc(F)c1. The van der Waals surface area contributed by atoms with Gasteiger partial charge in [0, 0.05) is 6.07 Å². The summed E-state index contributed by atoms with van der Waals surface area (Å²) >= 11 is 0. The Bertz CT molecular complexity index is 430. The van der Waals surface area contributed by atoms with Gasteiger partial charge in [-0.1, -0.05) is 0 Å². The lowest BCUT2D eigenvalue weighted by molar-refractivity contribution is -0.174. The summed E-state index contributed by atoms with van der Waals surface area (Å²) < 4.78 is 56.9. The van der Waals surface area contributed by atoms with Gasteiger partial charge in [0.05, 0.1) is 6.61 Å². The predicted molar refractivity (Wildman–Crippen MR) is 54.9 cm³/mol. The molecule has 7 heteroatoms. The fraction of sp³-hybridized carbons (Fsp3) is 0.364. The number of halogens is 4. The van der Waals surface area contributed by atoms with Crippen LogP contribution in [0.1, 0.15) is 18.5 Å². The minimum Gasteiger partial charge on any atom is -0.462 e. The number of nitrogens with two attached hydrogens (primary N) is 1. The molecule has 1 aromatic carbocycles. The van der Waals surface area contributed by atoms with E-state index in [1.54, 1.807) is 0 Å². The molecule has 0 heterocycles. The van der Waals surface area contributed by atoms with Crippen molar-refractivity contribution >= 4 is 5.97 Å². The minimum absolute atomic E-state index is 0.251. The molecule has 2 N–H and O–H groups in total. The molecule has 1 rings (SSSR count). The smallest absolute Gasteiger partial charge is 0.379 e. The number of carbonyl (C=O) groups is 1. The summed E-state index contributed by atoms with van der Waals surface area (Å²) in [6.07, 6.45) is 0. The van der Waals surface area contributed by atoms with Crippen LogP contribution in [0.25, 0.3) is 0 Å². The summed E-state index contributed by atoms with van der Waals surface area (Å²) in [5, 5.41) is 0. The van der Waals surface area contributed by atoms with E-state index in [1.165, 1.54) is 6.92 Å². The summed E-state index contributed by atoms with van der Waals surface area (Å²) in [4.78, 5) is 11.0. The lowest BCUT2D eigenvalue weighted by Gasteiger charge is -2.21. The second kappa shape index (κ2) is 5.34. The molecular formula is C11H11F4NO2. The maximum absolute atomic E-state index is 13.5. The molecule has 0 aromatic heterocycles. The molecule has 0 spiro atoms. The summed E-state index contributed by atoms with van der Waals surface area (Å²) in [5.74, 6) is -8.00. The number of esters is 1. The van der Waals surface area contributed by atoms with Gasteiger partial charge in [-0.2, -0.15) is 8.78 Å². The first-order valence-electron chi connectivity index (χ1n) is 5.05. The van der Waals surface area contributed by atoms with Gasteiger partial charge in [0.15, 0.2) is 0 Å². The average Bonchev–Trinajstić information content (AvgIpc) is 2.26. The van der Waals surface area contributed by atoms with Gasteiger partial charge in [0.2, 0.25) is 0 Å². The standard InChI is InChI=1S/C11H11F4NO2/c1-2-18-10(17)11(14,15)9(16)6-3-7(12)5-8(13)4-6/h3-5,9H,2,16H2,1H3/t9-/m1/s1. The number of rotatable bonds is 4. The topological polar surface area (TPSA) is 52.3 Å². The van der Waals surface area contributed by atoms with Gasteiger partial charge in [-0.3, -0.25) is 0 Å². The Hall–Kier alpha value is -1.63. The summed E-state index contributed by atoms with van der Waals surface area (Å²) in [6, 6.07) is -0.387. The van der Waals surface area contributed by atoms with Crippen molar-refractivity contribution < 1.29 is 27.1 Å². The molecule has 3 nitrogen and oxygen atoms in total. The Morgan fingerprint density at radius 3 is 2.28 bits per heavy atom. The highest BCUT2D eigenvalue weighted by molar-refractivity contribution is 5.78. The average molecular weight is 265 g/mol. The Morgan fingerprint density at radius 1 is 1.33 bits per heavy atom. The third-order valence-corrected chi connectivity index (χ3v) is 2.18. The van der Waals surface area contributed by atoms with Gasteiger partial charge in [-0.25, -0.2) is 13.6 Å². The van der Waals surface area contributed by atoms with Crippen LogP contribution in [0.4, 0.5) is 17.6 Å². The normalized spacial score (nSPS) is 13.2. The van der Waals surface area contributed by atoms with Crippen LogP contribution in [0.15, 0.2) is 18.2 Å². The Labute approximate surface area is 101 Å². The van der Waals surface area contributed by atoms with E-state index in [-0.39, 0.29) is 6.61 Å². The van der Waals surface area contributed by atoms with Gasteiger partial charge in [-0.05, 0) is 24.6 Å². The molecule has 0 fully saturated rings. The highest BCUT2D eigenvalue weighted by Gasteiger charge is 2.48. The van der Waals surface area contributed by atoms with Crippen molar-refractivity contribution in [1.29, 1.82) is 0 Å². The molecule has 0 saturated heterocycles. The van der Waals surface area contributed by atoms with Gasteiger partial charge in [0.25, 0.3) is 0 Å². The third kappa shape index (κ3) is 2.98. The molecular weight excluding hydrogens is 254 g/mol. The lowest BCUT2D eigenvalue weighted by atomic mass is 10.0. The molecule has 0 bridgehead atoms. The molecule has 0 saturated carbocycles. The number of hydrogen-bond donors (Lipinski definition) is 1. The van der Waals surface area contributed by atoms with E-state index in [2.05, 4.69) is 4.74 Å². The van der Waals surface area contributed by atoms with Crippen LogP contribution >= 0.6 is 0 Å². The third-order valence-electron chi connectivity index (χ3n) is 2.18. The van der Waals surface area contributed by atoms with Crippen molar-refractivity contribution in [2.24, 2.45) is 5.73 Å². The second-order valence-corrected chi connectivity index (χ2v) is 3.52. The Kier molecular flexibility index (Phi) is 4.28. The molecule has 100 valence electrons. The molecule has 1 atom stereocenters. The van der Waals surface area contributed by atoms with Crippen LogP contribution in [0.5, 0.6) is 0 Å². The van der Waals surface area contributed by atoms with E-state index >= 15 is 0 Å². The largest absolute Gasteiger partial charge is 0.462 e. The van der Waals surface area contributed by atoms with Crippen LogP contribution in [-0.4, -0.2) is 18.5 Å². The zero-order valence-electron chi connectivity index (χ0n) is 9.42. The highest BCUT2D eigenvalue weighted by atomic mass is 19.3. The molecule has 0 radical (unpaired) electrons. The zero-order valence-corrected chi connectivity index (χ0v) is 9.42. The molecule has 0 aliphatic heterocycles. The fourth-order valence-corrected chi connectivity index (χ4v) is 1.32. The van der Waals surface area contributed by atoms with Crippen LogP contribution < -0.4 is 5.73 Å². The number of hydrogen-bond acceptors (Lipinski definition) is 3. The first-order chi connectivity index (χ1) is 8.28. The Balaban J connectivity index is 3.04. The number of carbonyl (C=O) groups excluding carboxylic acids is 1. The quantitative estimate of drug-likeness (QED) is 0.670. The molecule has 0 aliphatic carbocycles. The zero-order chi connectivity index (χ0) is 13.9. The van der Waals surface area contributed by atoms with E-state index < -0.39 is 35.1 Å². The number of benzene rings is 1. The van der Waals surface area contributed by atoms with Gasteiger partial charge >= 0.3 is 11.9 Å². The Morgan fingerprint density at radius 2 is 1.83 bits per heavy atom. The first kappa shape index (κ1) is 14.4. The van der Waals surface area contributed by atoms with Crippen molar-refractivity contribution in [2.45, 2.75) is 18.9 Å². The maximum Gasteiger partial charge on any atom is 0.379 e. The molecule has 0 aliphatic rings. The van der Waals surface area contributed by atoms with Crippen molar-refractivity contribution in [2.75, 3.05) is 6.61 Å². The summed E-state index contributed by atoms with van der Waals surface area (Å²) in [5.41, 5.74) is 4.63. The molecule has 0 amide bonds. The molecule has 18 heavy (non-hydrogen) atoms. The van der Waals surface area contributed by atoms with E-state index in [9.17, 15) is 22.4 Å². The van der Waals surface area contributed by atoms with Crippen molar-refractivity contribution in [3.05, 3.63) is 35.4 Å². The predicted octanol–water partition coefficient (Wildman–Crippen LogP) is 2.16. The van der Waals surface area contributed by atoms with Crippen molar-refractivity contribution in [3.63, 3.8) is 0 Å². The van der Waals surface area contributed by atoms with Gasteiger partial charge < -0.3 is 10.5 Å². The van der Waals surface area contributed by atoms with Crippen LogP contribution in [-0.2, 0) is 9.53 Å². The van der Waals surface area contributed by atoms with Gasteiger partial charge in [0.1, 0.15) is 17.7 Å². The second-order valence-electron chi connectivity index (χ2n) is 3.52. The van der Waals surface area contributed by atoms with Crippen molar-refractivity contribution in [3.8, 4) is 0 Å². The molecule has 0 unspecified atom stereocenters. The van der Waals surface area contributed by atoms with Gasteiger partial charge in [-0.15, -0.1) is 0 Å². The van der Waals surface area contributed by atoms with E-state index in [1.807, 2.05) is 0 Å². The fourth-order valence-electron chi connectivity index (χ4n) is 1.32. The van der Waals surface area contributed by atoms with Crippen LogP contribution in [0.3, 0.4) is 0 Å². The number of alkyl halides is 2. The lowest BCUT2D eigenvalue weighted by Crippen LogP contribution is -2.41. The van der Waals surface area contributed by atoms with E-state index in [0.717, 1.165) is 0 Å². The minimum atomic E-state index is -4.06. The van der Waals surface area contributed by atoms with Crippen LogP contribution in [0.2, 0.25) is 0 Å². The first-order valence-corrected chi connectivity index (χ1v) is 5.05. The van der Waals surface area contributed by atoms with E-state index in [4.69, 9.17) is 5.73 Å². The van der Waals surface area contributed by atoms with Crippen LogP contribution in [0, 0.1) is 11.6 Å². The highest BCUT2D eigenvalue weighted by Crippen LogP contribution is 2.31. The molecule has 1 aromatic rings. The summed E-state index contributed by atoms with van der Waals surface area (Å²) in [6.45, 7) is 1.10. The summed E-state index contributed by atoms with van der Waals surface area (Å²) in [7, 11) is 0.